The maximum atomic E-state index is 12.8. The smallest absolute Gasteiger partial charge is 0.326 e. The Morgan fingerprint density at radius 1 is 1.06 bits per heavy atom. The highest BCUT2D eigenvalue weighted by Gasteiger charge is 2.30. The number of aromatic amines is 1. The zero-order valence-corrected chi connectivity index (χ0v) is 19.3. The number of carbonyl (C=O) groups is 5. The van der Waals surface area contributed by atoms with Crippen molar-refractivity contribution in [2.75, 3.05) is 12.0 Å². The van der Waals surface area contributed by atoms with Gasteiger partial charge in [-0.1, -0.05) is 0 Å². The number of carbonyl (C=O) groups excluding carboxylic acids is 4. The van der Waals surface area contributed by atoms with Gasteiger partial charge >= 0.3 is 5.97 Å². The molecule has 1 aromatic rings. The lowest BCUT2D eigenvalue weighted by molar-refractivity contribution is -0.142. The summed E-state index contributed by atoms with van der Waals surface area (Å²) in [6, 6.07) is -4.38. The second-order valence-electron chi connectivity index (χ2n) is 7.38. The molecule has 33 heavy (non-hydrogen) atoms. The minimum Gasteiger partial charge on any atom is -0.480 e. The van der Waals surface area contributed by atoms with Crippen molar-refractivity contribution in [3.05, 3.63) is 18.2 Å². The molecular formula is C19H31N7O6S. The van der Waals surface area contributed by atoms with Crippen molar-refractivity contribution in [3.63, 3.8) is 0 Å². The van der Waals surface area contributed by atoms with E-state index in [9.17, 15) is 29.1 Å². The van der Waals surface area contributed by atoms with Gasteiger partial charge < -0.3 is 37.5 Å². The van der Waals surface area contributed by atoms with Crippen molar-refractivity contribution in [3.8, 4) is 0 Å². The van der Waals surface area contributed by atoms with Crippen LogP contribution in [-0.4, -0.2) is 80.8 Å². The number of aliphatic carboxylic acids is 1. The van der Waals surface area contributed by atoms with Crippen LogP contribution in [0.15, 0.2) is 12.5 Å². The number of H-pyrrole nitrogens is 1. The van der Waals surface area contributed by atoms with E-state index in [1.165, 1.54) is 31.2 Å². The summed E-state index contributed by atoms with van der Waals surface area (Å²) < 4.78 is 0. The standard InChI is InChI=1S/C19H31N7O6S/c1-10(20)16(28)24-12(3-4-15(21)27)17(29)25-13(5-6-33-2)18(30)26-14(19(31)32)7-11-8-22-9-23-11/h8-10,12-14H,3-7,20H2,1-2H3,(H2,21,27)(H,22,23)(H,24,28)(H,25,29)(H,26,30)(H,31,32). The zero-order valence-electron chi connectivity index (χ0n) is 18.5. The lowest BCUT2D eigenvalue weighted by atomic mass is 10.1. The third-order valence-electron chi connectivity index (χ3n) is 4.56. The molecule has 0 fully saturated rings. The third-order valence-corrected chi connectivity index (χ3v) is 5.21. The van der Waals surface area contributed by atoms with Gasteiger partial charge in [-0.3, -0.25) is 19.2 Å². The molecule has 14 heteroatoms. The maximum Gasteiger partial charge on any atom is 0.326 e. The van der Waals surface area contributed by atoms with E-state index in [1.54, 1.807) is 0 Å². The van der Waals surface area contributed by atoms with Crippen LogP contribution in [0.4, 0.5) is 0 Å². The van der Waals surface area contributed by atoms with Crippen molar-refractivity contribution in [2.45, 2.75) is 56.8 Å². The number of hydrogen-bond acceptors (Lipinski definition) is 8. The largest absolute Gasteiger partial charge is 0.480 e. The first-order valence-corrected chi connectivity index (χ1v) is 11.6. The SMILES string of the molecule is CSCCC(NC(=O)C(CCC(N)=O)NC(=O)C(C)N)C(=O)NC(Cc1cnc[nH]1)C(=O)O. The highest BCUT2D eigenvalue weighted by atomic mass is 32.2. The van der Waals surface area contributed by atoms with Crippen LogP contribution in [0.2, 0.25) is 0 Å². The van der Waals surface area contributed by atoms with Crippen LogP contribution in [-0.2, 0) is 30.4 Å². The normalized spacial score (nSPS) is 14.4. The number of nitrogens with one attached hydrogen (secondary N) is 4. The Morgan fingerprint density at radius 2 is 1.64 bits per heavy atom. The quantitative estimate of drug-likeness (QED) is 0.144. The van der Waals surface area contributed by atoms with Gasteiger partial charge in [0.1, 0.15) is 18.1 Å². The van der Waals surface area contributed by atoms with Gasteiger partial charge in [0.05, 0.1) is 12.4 Å². The Kier molecular flexibility index (Phi) is 11.9. The van der Waals surface area contributed by atoms with Crippen LogP contribution >= 0.6 is 11.8 Å². The average Bonchev–Trinajstić information content (AvgIpc) is 3.25. The number of thioether (sulfide) groups is 1. The van der Waals surface area contributed by atoms with Gasteiger partial charge in [-0.25, -0.2) is 9.78 Å². The predicted octanol–water partition coefficient (Wildman–Crippen LogP) is -2.14. The Bertz CT molecular complexity index is 818. The third kappa shape index (κ3) is 10.4. The number of hydrogen-bond donors (Lipinski definition) is 7. The van der Waals surface area contributed by atoms with E-state index >= 15 is 0 Å². The molecule has 0 aliphatic carbocycles. The monoisotopic (exact) mass is 485 g/mol. The molecule has 4 atom stereocenters. The number of nitrogens with zero attached hydrogens (tertiary/aromatic N) is 1. The number of carboxylic acids is 1. The van der Waals surface area contributed by atoms with E-state index < -0.39 is 53.8 Å². The average molecular weight is 486 g/mol. The van der Waals surface area contributed by atoms with E-state index in [4.69, 9.17) is 11.5 Å². The molecule has 0 spiro atoms. The van der Waals surface area contributed by atoms with Crippen LogP contribution in [0.25, 0.3) is 0 Å². The van der Waals surface area contributed by atoms with Crippen molar-refractivity contribution >= 4 is 41.4 Å². The summed E-state index contributed by atoms with van der Waals surface area (Å²) in [6.07, 6.45) is 4.56. The first kappa shape index (κ1) is 27.9. The molecule has 1 rings (SSSR count). The molecule has 13 nitrogen and oxygen atoms in total. The molecule has 0 bridgehead atoms. The lowest BCUT2D eigenvalue weighted by Gasteiger charge is -2.24. The fourth-order valence-electron chi connectivity index (χ4n) is 2.72. The predicted molar refractivity (Wildman–Crippen MR) is 121 cm³/mol. The van der Waals surface area contributed by atoms with Crippen LogP contribution < -0.4 is 27.4 Å². The van der Waals surface area contributed by atoms with E-state index in [0.717, 1.165) is 0 Å². The van der Waals surface area contributed by atoms with E-state index in [2.05, 4.69) is 25.9 Å². The Labute approximate surface area is 195 Å². The number of aromatic nitrogens is 2. The minimum atomic E-state index is -1.25. The highest BCUT2D eigenvalue weighted by Crippen LogP contribution is 2.06. The number of rotatable bonds is 15. The summed E-state index contributed by atoms with van der Waals surface area (Å²) in [5.41, 5.74) is 11.2. The second-order valence-corrected chi connectivity index (χ2v) is 8.36. The molecule has 184 valence electrons. The number of primary amides is 1. The number of imidazole rings is 1. The van der Waals surface area contributed by atoms with Crippen molar-refractivity contribution in [2.24, 2.45) is 11.5 Å². The number of amides is 4. The van der Waals surface area contributed by atoms with E-state index in [1.807, 2.05) is 6.26 Å². The van der Waals surface area contributed by atoms with Gasteiger partial charge in [0.2, 0.25) is 23.6 Å². The van der Waals surface area contributed by atoms with Gasteiger partial charge in [-0.2, -0.15) is 11.8 Å². The van der Waals surface area contributed by atoms with Crippen LogP contribution in [0.5, 0.6) is 0 Å². The molecule has 0 saturated carbocycles. The molecule has 0 aliphatic rings. The summed E-state index contributed by atoms with van der Waals surface area (Å²) in [5, 5.41) is 16.9. The Morgan fingerprint density at radius 3 is 2.12 bits per heavy atom. The van der Waals surface area contributed by atoms with Crippen LogP contribution in [0.3, 0.4) is 0 Å². The van der Waals surface area contributed by atoms with E-state index in [0.29, 0.717) is 11.4 Å². The molecule has 0 saturated heterocycles. The van der Waals surface area contributed by atoms with Gasteiger partial charge in [-0.05, 0) is 31.8 Å². The minimum absolute atomic E-state index is 0.0318. The van der Waals surface area contributed by atoms with Gasteiger partial charge in [-0.15, -0.1) is 0 Å². The molecule has 4 unspecified atom stereocenters. The molecule has 0 aromatic carbocycles. The molecule has 9 N–H and O–H groups in total. The van der Waals surface area contributed by atoms with Crippen molar-refractivity contribution in [1.82, 2.24) is 25.9 Å². The van der Waals surface area contributed by atoms with E-state index in [-0.39, 0.29) is 25.7 Å². The number of carboxylic acid groups (broad SMARTS) is 1. The number of nitrogens with two attached hydrogens (primary N) is 2. The lowest BCUT2D eigenvalue weighted by Crippen LogP contribution is -2.57. The first-order chi connectivity index (χ1) is 15.5. The summed E-state index contributed by atoms with van der Waals surface area (Å²) in [4.78, 5) is 67.0. The maximum absolute atomic E-state index is 12.8. The summed E-state index contributed by atoms with van der Waals surface area (Å²) >= 11 is 1.43. The zero-order chi connectivity index (χ0) is 25.0. The van der Waals surface area contributed by atoms with Crippen molar-refractivity contribution < 1.29 is 29.1 Å². The highest BCUT2D eigenvalue weighted by molar-refractivity contribution is 7.98. The first-order valence-electron chi connectivity index (χ1n) is 10.2. The Balaban J connectivity index is 2.94. The van der Waals surface area contributed by atoms with Crippen LogP contribution in [0, 0.1) is 0 Å². The topological polar surface area (TPSA) is 222 Å². The summed E-state index contributed by atoms with van der Waals surface area (Å²) in [6.45, 7) is 1.43. The van der Waals surface area contributed by atoms with Gasteiger partial charge in [0.15, 0.2) is 0 Å². The fraction of sp³-hybridized carbons (Fsp3) is 0.579. The van der Waals surface area contributed by atoms with Crippen molar-refractivity contribution in [1.29, 1.82) is 0 Å². The summed E-state index contributed by atoms with van der Waals surface area (Å²) in [5.74, 6) is -3.45. The molecule has 4 amide bonds. The van der Waals surface area contributed by atoms with Crippen LogP contribution in [0.1, 0.15) is 31.9 Å². The second kappa shape index (κ2) is 14.1. The molecule has 1 heterocycles. The fourth-order valence-corrected chi connectivity index (χ4v) is 3.20. The summed E-state index contributed by atoms with van der Waals surface area (Å²) in [7, 11) is 0. The molecule has 0 radical (unpaired) electrons. The molecular weight excluding hydrogens is 454 g/mol. The molecule has 1 aromatic heterocycles. The molecule has 0 aliphatic heterocycles. The Hall–Kier alpha value is -3.13. The van der Waals surface area contributed by atoms with Gasteiger partial charge in [0, 0.05) is 24.7 Å². The van der Waals surface area contributed by atoms with Gasteiger partial charge in [0.25, 0.3) is 0 Å².